The number of nitrogens with one attached hydrogen (secondary N) is 1. The number of hydrogen-bond acceptors (Lipinski definition) is 5. The molecule has 6 heteroatoms. The van der Waals surface area contributed by atoms with Gasteiger partial charge < -0.3 is 15.8 Å². The summed E-state index contributed by atoms with van der Waals surface area (Å²) in [4.78, 5) is 8.55. The molecule has 29 heavy (non-hydrogen) atoms. The van der Waals surface area contributed by atoms with Gasteiger partial charge in [-0.1, -0.05) is 76.6 Å². The molecular formula is C23H19BrN4O. The van der Waals surface area contributed by atoms with Crippen LogP contribution in [-0.2, 0) is 0 Å². The van der Waals surface area contributed by atoms with Crippen LogP contribution in [0.25, 0.3) is 0 Å². The van der Waals surface area contributed by atoms with Crippen LogP contribution in [0.15, 0.2) is 95.7 Å². The van der Waals surface area contributed by atoms with Crippen molar-refractivity contribution < 1.29 is 4.74 Å². The van der Waals surface area contributed by atoms with Gasteiger partial charge in [-0.25, -0.2) is 4.98 Å². The summed E-state index contributed by atoms with van der Waals surface area (Å²) >= 11 is 3.41. The summed E-state index contributed by atoms with van der Waals surface area (Å²) in [6, 6.07) is 27.7. The topological polar surface area (TPSA) is 73.1 Å². The molecule has 3 N–H and O–H groups in total. The molecule has 0 saturated heterocycles. The smallest absolute Gasteiger partial charge is 0.248 e. The van der Waals surface area contributed by atoms with E-state index >= 15 is 0 Å². The molecule has 0 radical (unpaired) electrons. The Kier molecular flexibility index (Phi) is 5.72. The standard InChI is InChI=1S/C23H19BrN4O/c24-18-11-13-19(14-12-18)29-23-20(25)22(26-15-27-23)28-21(16-7-3-1-4-8-16)17-9-5-2-6-10-17/h1-15,21H,25H2,(H,26,27,28). The highest BCUT2D eigenvalue weighted by Gasteiger charge is 2.18. The van der Waals surface area contributed by atoms with E-state index in [2.05, 4.69) is 55.5 Å². The third kappa shape index (κ3) is 4.55. The minimum absolute atomic E-state index is 0.116. The molecule has 0 aliphatic heterocycles. The van der Waals surface area contributed by atoms with E-state index in [1.165, 1.54) is 6.33 Å². The molecule has 4 aromatic rings. The zero-order chi connectivity index (χ0) is 20.1. The first-order valence-electron chi connectivity index (χ1n) is 9.11. The Morgan fingerprint density at radius 1 is 0.793 bits per heavy atom. The van der Waals surface area contributed by atoms with Crippen molar-refractivity contribution in [2.45, 2.75) is 6.04 Å². The molecule has 0 fully saturated rings. The molecule has 144 valence electrons. The molecule has 1 heterocycles. The zero-order valence-electron chi connectivity index (χ0n) is 15.5. The van der Waals surface area contributed by atoms with Crippen LogP contribution in [0.4, 0.5) is 11.5 Å². The number of anilines is 2. The van der Waals surface area contributed by atoms with Crippen LogP contribution in [0.3, 0.4) is 0 Å². The van der Waals surface area contributed by atoms with Gasteiger partial charge in [0.2, 0.25) is 5.88 Å². The molecule has 0 aliphatic rings. The zero-order valence-corrected chi connectivity index (χ0v) is 17.1. The fourth-order valence-corrected chi connectivity index (χ4v) is 3.24. The fourth-order valence-electron chi connectivity index (χ4n) is 2.98. The van der Waals surface area contributed by atoms with Crippen molar-refractivity contribution in [3.8, 4) is 11.6 Å². The first-order chi connectivity index (χ1) is 14.2. The van der Waals surface area contributed by atoms with Crippen molar-refractivity contribution in [3.63, 3.8) is 0 Å². The average Bonchev–Trinajstić information content (AvgIpc) is 2.77. The monoisotopic (exact) mass is 446 g/mol. The number of nitrogen functional groups attached to an aromatic ring is 1. The van der Waals surface area contributed by atoms with Crippen LogP contribution in [0.5, 0.6) is 11.6 Å². The molecule has 0 saturated carbocycles. The Hall–Kier alpha value is -3.38. The summed E-state index contributed by atoms with van der Waals surface area (Å²) in [5, 5.41) is 3.45. The minimum Gasteiger partial charge on any atom is -0.437 e. The lowest BCUT2D eigenvalue weighted by molar-refractivity contribution is 0.464. The number of halogens is 1. The minimum atomic E-state index is -0.116. The van der Waals surface area contributed by atoms with Crippen LogP contribution in [0.2, 0.25) is 0 Å². The van der Waals surface area contributed by atoms with E-state index in [-0.39, 0.29) is 6.04 Å². The number of benzene rings is 3. The average molecular weight is 447 g/mol. The van der Waals surface area contributed by atoms with Gasteiger partial charge in [0.1, 0.15) is 17.8 Å². The van der Waals surface area contributed by atoms with Gasteiger partial charge in [-0.3, -0.25) is 0 Å². The van der Waals surface area contributed by atoms with Gasteiger partial charge in [-0.15, -0.1) is 0 Å². The molecule has 0 bridgehead atoms. The van der Waals surface area contributed by atoms with E-state index < -0.39 is 0 Å². The number of nitrogens with two attached hydrogens (primary N) is 1. The Morgan fingerprint density at radius 2 is 1.38 bits per heavy atom. The molecule has 0 unspecified atom stereocenters. The lowest BCUT2D eigenvalue weighted by Gasteiger charge is -2.21. The lowest BCUT2D eigenvalue weighted by atomic mass is 9.99. The molecule has 0 amide bonds. The summed E-state index contributed by atoms with van der Waals surface area (Å²) in [7, 11) is 0. The normalized spacial score (nSPS) is 10.7. The Labute approximate surface area is 177 Å². The molecule has 5 nitrogen and oxygen atoms in total. The van der Waals surface area contributed by atoms with E-state index in [1.54, 1.807) is 0 Å². The van der Waals surface area contributed by atoms with Crippen molar-refractivity contribution in [2.24, 2.45) is 0 Å². The van der Waals surface area contributed by atoms with Gasteiger partial charge in [-0.2, -0.15) is 4.98 Å². The fraction of sp³-hybridized carbons (Fsp3) is 0.0435. The largest absolute Gasteiger partial charge is 0.437 e. The third-order valence-corrected chi connectivity index (χ3v) is 4.95. The molecule has 1 aromatic heterocycles. The number of rotatable bonds is 6. The van der Waals surface area contributed by atoms with Gasteiger partial charge in [0.05, 0.1) is 6.04 Å². The van der Waals surface area contributed by atoms with Gasteiger partial charge >= 0.3 is 0 Å². The number of nitrogens with zero attached hydrogens (tertiary/aromatic N) is 2. The second kappa shape index (κ2) is 8.75. The van der Waals surface area contributed by atoms with Gasteiger partial charge in [0, 0.05) is 4.47 Å². The van der Waals surface area contributed by atoms with Crippen molar-refractivity contribution in [1.82, 2.24) is 9.97 Å². The predicted octanol–water partition coefficient (Wildman–Crippen LogP) is 5.82. The van der Waals surface area contributed by atoms with Crippen LogP contribution in [-0.4, -0.2) is 9.97 Å². The van der Waals surface area contributed by atoms with Crippen LogP contribution >= 0.6 is 15.9 Å². The van der Waals surface area contributed by atoms with Crippen molar-refractivity contribution in [2.75, 3.05) is 11.1 Å². The lowest BCUT2D eigenvalue weighted by Crippen LogP contribution is -2.15. The second-order valence-electron chi connectivity index (χ2n) is 6.40. The maximum absolute atomic E-state index is 6.34. The van der Waals surface area contributed by atoms with Crippen LogP contribution in [0.1, 0.15) is 17.2 Å². The Balaban J connectivity index is 1.65. The highest BCUT2D eigenvalue weighted by atomic mass is 79.9. The van der Waals surface area contributed by atoms with Gasteiger partial charge in [0.15, 0.2) is 5.82 Å². The quantitative estimate of drug-likeness (QED) is 0.390. The third-order valence-electron chi connectivity index (χ3n) is 4.42. The number of hydrogen-bond donors (Lipinski definition) is 2. The first kappa shape index (κ1) is 19.0. The first-order valence-corrected chi connectivity index (χ1v) is 9.90. The van der Waals surface area contributed by atoms with Crippen molar-refractivity contribution in [3.05, 3.63) is 107 Å². The molecule has 0 atom stereocenters. The van der Waals surface area contributed by atoms with E-state index in [0.29, 0.717) is 23.1 Å². The highest BCUT2D eigenvalue weighted by molar-refractivity contribution is 9.10. The van der Waals surface area contributed by atoms with Crippen molar-refractivity contribution in [1.29, 1.82) is 0 Å². The van der Waals surface area contributed by atoms with Gasteiger partial charge in [-0.05, 0) is 35.4 Å². The van der Waals surface area contributed by atoms with E-state index in [0.717, 1.165) is 15.6 Å². The SMILES string of the molecule is Nc1c(NC(c2ccccc2)c2ccccc2)ncnc1Oc1ccc(Br)cc1. The highest BCUT2D eigenvalue weighted by Crippen LogP contribution is 2.33. The Morgan fingerprint density at radius 3 is 1.97 bits per heavy atom. The molecule has 0 aliphatic carbocycles. The molecular weight excluding hydrogens is 428 g/mol. The van der Waals surface area contributed by atoms with Crippen LogP contribution in [0, 0.1) is 0 Å². The van der Waals surface area contributed by atoms with E-state index in [1.807, 2.05) is 60.7 Å². The maximum atomic E-state index is 6.34. The predicted molar refractivity (Wildman–Crippen MR) is 119 cm³/mol. The number of aromatic nitrogens is 2. The maximum Gasteiger partial charge on any atom is 0.248 e. The molecule has 0 spiro atoms. The van der Waals surface area contributed by atoms with Gasteiger partial charge in [0.25, 0.3) is 0 Å². The second-order valence-corrected chi connectivity index (χ2v) is 7.31. The van der Waals surface area contributed by atoms with Crippen LogP contribution < -0.4 is 15.8 Å². The van der Waals surface area contributed by atoms with E-state index in [9.17, 15) is 0 Å². The summed E-state index contributed by atoms with van der Waals surface area (Å²) in [5.41, 5.74) is 8.91. The molecule has 4 rings (SSSR count). The number of ether oxygens (including phenoxy) is 1. The Bertz CT molecular complexity index is 1030. The summed E-state index contributed by atoms with van der Waals surface area (Å²) < 4.78 is 6.83. The van der Waals surface area contributed by atoms with E-state index in [4.69, 9.17) is 10.5 Å². The summed E-state index contributed by atoms with van der Waals surface area (Å²) in [6.45, 7) is 0. The summed E-state index contributed by atoms with van der Waals surface area (Å²) in [6.07, 6.45) is 1.44. The summed E-state index contributed by atoms with van der Waals surface area (Å²) in [5.74, 6) is 1.47. The van der Waals surface area contributed by atoms with Crippen molar-refractivity contribution >= 4 is 27.4 Å². The molecule has 3 aromatic carbocycles.